The van der Waals surface area contributed by atoms with Gasteiger partial charge in [-0.3, -0.25) is 0 Å². The zero-order valence-electron chi connectivity index (χ0n) is 30.2. The van der Waals surface area contributed by atoms with Crippen LogP contribution in [0, 0.1) is 0 Å². The molecule has 56 heavy (non-hydrogen) atoms. The number of anilines is 3. The lowest BCUT2D eigenvalue weighted by Gasteiger charge is -2.27. The fraction of sp³-hybridized carbons (Fsp3) is 0. The molecule has 0 saturated heterocycles. The summed E-state index contributed by atoms with van der Waals surface area (Å²) in [6.45, 7) is 0. The molecule has 0 amide bonds. The number of nitrogens with zero attached hydrogens (tertiary/aromatic N) is 2. The Morgan fingerprint density at radius 3 is 1.70 bits per heavy atom. The first-order valence-electron chi connectivity index (χ1n) is 19.0. The van der Waals surface area contributed by atoms with Gasteiger partial charge in [0.1, 0.15) is 0 Å². The molecule has 2 nitrogen and oxygen atoms in total. The Kier molecular flexibility index (Phi) is 7.00. The molecule has 0 aliphatic rings. The van der Waals surface area contributed by atoms with Crippen molar-refractivity contribution in [3.05, 3.63) is 194 Å². The molecule has 12 rings (SSSR count). The van der Waals surface area contributed by atoms with E-state index in [0.29, 0.717) is 0 Å². The lowest BCUT2D eigenvalue weighted by atomic mass is 10.0. The van der Waals surface area contributed by atoms with Crippen LogP contribution in [0.3, 0.4) is 0 Å². The molecule has 0 fully saturated rings. The summed E-state index contributed by atoms with van der Waals surface area (Å²) in [6.07, 6.45) is 0. The molecule has 0 spiro atoms. The van der Waals surface area contributed by atoms with Gasteiger partial charge in [-0.1, -0.05) is 121 Å². The summed E-state index contributed by atoms with van der Waals surface area (Å²) < 4.78 is 7.68. The maximum Gasteiger partial charge on any atom is 0.0541 e. The molecule has 9 aromatic carbocycles. The van der Waals surface area contributed by atoms with E-state index < -0.39 is 0 Å². The van der Waals surface area contributed by atoms with Crippen molar-refractivity contribution in [3.8, 4) is 16.8 Å². The molecule has 12 aromatic rings. The van der Waals surface area contributed by atoms with Crippen molar-refractivity contribution in [1.29, 1.82) is 0 Å². The fourth-order valence-corrected chi connectivity index (χ4v) is 11.0. The Hall–Kier alpha value is -6.72. The van der Waals surface area contributed by atoms with Crippen LogP contribution < -0.4 is 4.90 Å². The number of para-hydroxylation sites is 1. The normalized spacial score (nSPS) is 11.9. The lowest BCUT2D eigenvalue weighted by molar-refractivity contribution is 1.19. The molecule has 4 heteroatoms. The fourth-order valence-electron chi connectivity index (χ4n) is 8.77. The number of benzene rings is 9. The van der Waals surface area contributed by atoms with Gasteiger partial charge in [-0.05, 0) is 89.3 Å². The van der Waals surface area contributed by atoms with Gasteiger partial charge in [0.25, 0.3) is 0 Å². The summed E-state index contributed by atoms with van der Waals surface area (Å²) in [6, 6.07) is 71.5. The van der Waals surface area contributed by atoms with Gasteiger partial charge in [0.15, 0.2) is 0 Å². The highest BCUT2D eigenvalue weighted by molar-refractivity contribution is 7.26. The van der Waals surface area contributed by atoms with E-state index in [1.807, 2.05) is 22.7 Å². The molecule has 0 aliphatic heterocycles. The van der Waals surface area contributed by atoms with Crippen molar-refractivity contribution in [2.45, 2.75) is 0 Å². The van der Waals surface area contributed by atoms with Gasteiger partial charge >= 0.3 is 0 Å². The summed E-state index contributed by atoms with van der Waals surface area (Å²) in [5.74, 6) is 0. The van der Waals surface area contributed by atoms with Crippen LogP contribution in [0.15, 0.2) is 194 Å². The number of aromatic nitrogens is 1. The van der Waals surface area contributed by atoms with Gasteiger partial charge in [-0.25, -0.2) is 0 Å². The average Bonchev–Trinajstić information content (AvgIpc) is 3.93. The van der Waals surface area contributed by atoms with Crippen molar-refractivity contribution in [3.63, 3.8) is 0 Å². The van der Waals surface area contributed by atoms with E-state index in [-0.39, 0.29) is 0 Å². The second-order valence-electron chi connectivity index (χ2n) is 14.5. The Balaban J connectivity index is 0.975. The van der Waals surface area contributed by atoms with Gasteiger partial charge in [0, 0.05) is 73.6 Å². The summed E-state index contributed by atoms with van der Waals surface area (Å²) in [7, 11) is 0. The van der Waals surface area contributed by atoms with Crippen molar-refractivity contribution < 1.29 is 0 Å². The Bertz CT molecular complexity index is 3490. The zero-order chi connectivity index (χ0) is 36.7. The first-order chi connectivity index (χ1) is 27.7. The first-order valence-corrected chi connectivity index (χ1v) is 20.6. The van der Waals surface area contributed by atoms with E-state index in [2.05, 4.69) is 204 Å². The van der Waals surface area contributed by atoms with Crippen LogP contribution in [0.5, 0.6) is 0 Å². The van der Waals surface area contributed by atoms with E-state index in [9.17, 15) is 0 Å². The molecule has 3 heterocycles. The second-order valence-corrected chi connectivity index (χ2v) is 16.7. The van der Waals surface area contributed by atoms with E-state index in [4.69, 9.17) is 0 Å². The highest BCUT2D eigenvalue weighted by Gasteiger charge is 2.19. The maximum atomic E-state index is 2.43. The van der Waals surface area contributed by atoms with Gasteiger partial charge in [-0.2, -0.15) is 0 Å². The number of rotatable bonds is 5. The Morgan fingerprint density at radius 2 is 0.911 bits per heavy atom. The molecule has 0 radical (unpaired) electrons. The Morgan fingerprint density at radius 1 is 0.339 bits per heavy atom. The number of hydrogen-bond acceptors (Lipinski definition) is 3. The van der Waals surface area contributed by atoms with E-state index in [0.717, 1.165) is 11.4 Å². The van der Waals surface area contributed by atoms with Crippen molar-refractivity contribution in [2.75, 3.05) is 4.90 Å². The number of fused-ring (bicyclic) bond motifs is 10. The van der Waals surface area contributed by atoms with Crippen molar-refractivity contribution >= 4 is 113 Å². The molecule has 0 saturated carbocycles. The standard InChI is InChI=1S/C52H32N2S2/c1-2-12-39-34(10-1)11-9-17-46(39)53(37-25-27-43-41-14-4-7-18-49(41)55-51(43)31-37)36-23-20-33(21-24-36)35-22-29-48-45(30-35)40-13-3-6-16-47(40)54(48)38-26-28-44-42-15-5-8-19-50(42)56-52(44)32-38/h1-32H. The third-order valence-electron chi connectivity index (χ3n) is 11.4. The van der Waals surface area contributed by atoms with Gasteiger partial charge in [-0.15, -0.1) is 22.7 Å². The van der Waals surface area contributed by atoms with Gasteiger partial charge in [0.05, 0.1) is 16.7 Å². The molecular formula is C52H32N2S2. The third kappa shape index (κ3) is 4.86. The minimum Gasteiger partial charge on any atom is -0.310 e. The van der Waals surface area contributed by atoms with Crippen LogP contribution in [0.1, 0.15) is 0 Å². The predicted octanol–water partition coefficient (Wildman–Crippen LogP) is 15.8. The summed E-state index contributed by atoms with van der Waals surface area (Å²) >= 11 is 3.73. The van der Waals surface area contributed by atoms with Crippen LogP contribution in [0.25, 0.3) is 89.7 Å². The summed E-state index contributed by atoms with van der Waals surface area (Å²) in [5.41, 5.74) is 9.46. The largest absolute Gasteiger partial charge is 0.310 e. The van der Waals surface area contributed by atoms with Crippen LogP contribution in [-0.4, -0.2) is 4.57 Å². The molecule has 0 unspecified atom stereocenters. The summed E-state index contributed by atoms with van der Waals surface area (Å²) in [4.78, 5) is 2.42. The molecular weight excluding hydrogens is 717 g/mol. The number of thiophene rings is 2. The van der Waals surface area contributed by atoms with E-state index in [1.165, 1.54) is 95.4 Å². The van der Waals surface area contributed by atoms with Gasteiger partial charge < -0.3 is 9.47 Å². The topological polar surface area (TPSA) is 8.17 Å². The average molecular weight is 749 g/mol. The molecule has 3 aromatic heterocycles. The van der Waals surface area contributed by atoms with Crippen LogP contribution >= 0.6 is 22.7 Å². The van der Waals surface area contributed by atoms with E-state index in [1.54, 1.807) is 0 Å². The van der Waals surface area contributed by atoms with Gasteiger partial charge in [0.2, 0.25) is 0 Å². The highest BCUT2D eigenvalue weighted by Crippen LogP contribution is 2.44. The minimum absolute atomic E-state index is 1.12. The smallest absolute Gasteiger partial charge is 0.0541 e. The first kappa shape index (κ1) is 31.6. The molecule has 0 bridgehead atoms. The van der Waals surface area contributed by atoms with Crippen molar-refractivity contribution in [1.82, 2.24) is 4.57 Å². The summed E-state index contributed by atoms with van der Waals surface area (Å²) in [5, 5.41) is 10.2. The number of hydrogen-bond donors (Lipinski definition) is 0. The molecule has 262 valence electrons. The molecule has 0 N–H and O–H groups in total. The van der Waals surface area contributed by atoms with Crippen LogP contribution in [-0.2, 0) is 0 Å². The lowest BCUT2D eigenvalue weighted by Crippen LogP contribution is -2.10. The van der Waals surface area contributed by atoms with Crippen LogP contribution in [0.2, 0.25) is 0 Å². The minimum atomic E-state index is 1.12. The quantitative estimate of drug-likeness (QED) is 0.170. The predicted molar refractivity (Wildman–Crippen MR) is 244 cm³/mol. The highest BCUT2D eigenvalue weighted by atomic mass is 32.1. The second kappa shape index (κ2) is 12.4. The zero-order valence-corrected chi connectivity index (χ0v) is 31.8. The van der Waals surface area contributed by atoms with Crippen LogP contribution in [0.4, 0.5) is 17.1 Å². The monoisotopic (exact) mass is 748 g/mol. The molecule has 0 aliphatic carbocycles. The van der Waals surface area contributed by atoms with Crippen molar-refractivity contribution in [2.24, 2.45) is 0 Å². The SMILES string of the molecule is c1ccc2c(N(c3ccc(-c4ccc5c(c4)c4ccccc4n5-c4ccc5c(c4)sc4ccccc45)cc3)c3ccc4c(c3)sc3ccccc34)cccc2c1. The van der Waals surface area contributed by atoms with E-state index >= 15 is 0 Å². The maximum absolute atomic E-state index is 2.43. The molecule has 0 atom stereocenters. The third-order valence-corrected chi connectivity index (χ3v) is 13.6. The Labute approximate surface area is 331 Å².